The summed E-state index contributed by atoms with van der Waals surface area (Å²) in [6.07, 6.45) is -1.16. The zero-order valence-electron chi connectivity index (χ0n) is 11.2. The first kappa shape index (κ1) is 15.3. The zero-order valence-corrected chi connectivity index (χ0v) is 12.0. The van der Waals surface area contributed by atoms with Crippen LogP contribution in [0, 0.1) is 5.82 Å². The Morgan fingerprint density at radius 1 is 1.05 bits per heavy atom. The molecule has 0 aliphatic rings. The van der Waals surface area contributed by atoms with E-state index in [1.54, 1.807) is 30.3 Å². The lowest BCUT2D eigenvalue weighted by molar-refractivity contribution is 0.0826. The molecular weight excluding hydrogens is 295 g/mol. The van der Waals surface area contributed by atoms with Crippen LogP contribution in [0.5, 0.6) is 0 Å². The number of rotatable bonds is 5. The third kappa shape index (κ3) is 3.74. The molecule has 0 saturated carbocycles. The van der Waals surface area contributed by atoms with Gasteiger partial charge < -0.3 is 0 Å². The van der Waals surface area contributed by atoms with Gasteiger partial charge in [0.25, 0.3) is 10.1 Å². The second-order valence-corrected chi connectivity index (χ2v) is 5.95. The molecule has 110 valence electrons. The predicted molar refractivity (Wildman–Crippen MR) is 74.9 cm³/mol. The Morgan fingerprint density at radius 2 is 1.62 bits per heavy atom. The van der Waals surface area contributed by atoms with Crippen LogP contribution in [0.25, 0.3) is 0 Å². The van der Waals surface area contributed by atoms with Crippen LogP contribution in [-0.4, -0.2) is 20.3 Å². The van der Waals surface area contributed by atoms with Gasteiger partial charge in [-0.15, -0.1) is 0 Å². The Balaban J connectivity index is 2.17. The highest BCUT2D eigenvalue weighted by Gasteiger charge is 2.24. The molecule has 6 heteroatoms. The SMILES string of the molecule is CC(OS(=O)(=O)c1ccc(F)cc1)C(=O)c1ccccc1. The molecule has 1 atom stereocenters. The molecule has 0 aliphatic carbocycles. The largest absolute Gasteiger partial charge is 0.297 e. The van der Waals surface area contributed by atoms with Gasteiger partial charge in [-0.05, 0) is 31.2 Å². The molecule has 4 nitrogen and oxygen atoms in total. The zero-order chi connectivity index (χ0) is 15.5. The van der Waals surface area contributed by atoms with Crippen molar-refractivity contribution >= 4 is 15.9 Å². The molecule has 0 fully saturated rings. The first-order valence-electron chi connectivity index (χ1n) is 6.18. The topological polar surface area (TPSA) is 60.4 Å². The summed E-state index contributed by atoms with van der Waals surface area (Å²) in [6.45, 7) is 1.36. The molecule has 0 aromatic heterocycles. The molecule has 0 radical (unpaired) electrons. The van der Waals surface area contributed by atoms with Gasteiger partial charge in [0, 0.05) is 5.56 Å². The number of hydrogen-bond acceptors (Lipinski definition) is 4. The molecule has 0 amide bonds. The molecule has 2 aromatic carbocycles. The highest BCUT2D eigenvalue weighted by molar-refractivity contribution is 7.86. The van der Waals surface area contributed by atoms with Crippen molar-refractivity contribution in [3.8, 4) is 0 Å². The lowest BCUT2D eigenvalue weighted by Crippen LogP contribution is -2.24. The van der Waals surface area contributed by atoms with E-state index >= 15 is 0 Å². The highest BCUT2D eigenvalue weighted by Crippen LogP contribution is 2.16. The third-order valence-electron chi connectivity index (χ3n) is 2.80. The van der Waals surface area contributed by atoms with E-state index in [0.717, 1.165) is 24.3 Å². The van der Waals surface area contributed by atoms with E-state index < -0.39 is 27.8 Å². The summed E-state index contributed by atoms with van der Waals surface area (Å²) in [7, 11) is -4.12. The fraction of sp³-hybridized carbons (Fsp3) is 0.133. The number of hydrogen-bond donors (Lipinski definition) is 0. The van der Waals surface area contributed by atoms with E-state index in [2.05, 4.69) is 0 Å². The summed E-state index contributed by atoms with van der Waals surface area (Å²) < 4.78 is 41.7. The molecule has 1 unspecified atom stereocenters. The second-order valence-electron chi connectivity index (χ2n) is 4.38. The van der Waals surface area contributed by atoms with Crippen LogP contribution in [0.4, 0.5) is 4.39 Å². The maximum Gasteiger partial charge on any atom is 0.297 e. The Bertz CT molecular complexity index is 724. The monoisotopic (exact) mass is 308 g/mol. The fourth-order valence-electron chi connectivity index (χ4n) is 1.73. The molecule has 21 heavy (non-hydrogen) atoms. The number of benzene rings is 2. The van der Waals surface area contributed by atoms with Crippen LogP contribution >= 0.6 is 0 Å². The van der Waals surface area contributed by atoms with Crippen LogP contribution < -0.4 is 0 Å². The lowest BCUT2D eigenvalue weighted by Gasteiger charge is -2.12. The standard InChI is InChI=1S/C15H13FO4S/c1-11(15(17)12-5-3-2-4-6-12)20-21(18,19)14-9-7-13(16)8-10-14/h2-11H,1H3. The van der Waals surface area contributed by atoms with Gasteiger partial charge >= 0.3 is 0 Å². The Morgan fingerprint density at radius 3 is 2.19 bits per heavy atom. The summed E-state index contributed by atoms with van der Waals surface area (Å²) in [5, 5.41) is 0. The smallest absolute Gasteiger partial charge is 0.291 e. The summed E-state index contributed by atoms with van der Waals surface area (Å²) in [6, 6.07) is 12.5. The quantitative estimate of drug-likeness (QED) is 0.629. The van der Waals surface area contributed by atoms with Crippen LogP contribution in [0.15, 0.2) is 59.5 Å². The van der Waals surface area contributed by atoms with Crippen molar-refractivity contribution in [2.45, 2.75) is 17.9 Å². The fourth-order valence-corrected chi connectivity index (χ4v) is 2.78. The highest BCUT2D eigenvalue weighted by atomic mass is 32.2. The van der Waals surface area contributed by atoms with Crippen molar-refractivity contribution in [1.29, 1.82) is 0 Å². The van der Waals surface area contributed by atoms with Crippen molar-refractivity contribution in [2.24, 2.45) is 0 Å². The minimum Gasteiger partial charge on any atom is -0.291 e. The Hall–Kier alpha value is -2.05. The molecule has 0 spiro atoms. The molecule has 0 N–H and O–H groups in total. The molecule has 2 rings (SSSR count). The van der Waals surface area contributed by atoms with Crippen LogP contribution in [0.3, 0.4) is 0 Å². The van der Waals surface area contributed by atoms with E-state index in [4.69, 9.17) is 4.18 Å². The van der Waals surface area contributed by atoms with E-state index in [1.807, 2.05) is 0 Å². The Labute approximate surface area is 122 Å². The second kappa shape index (κ2) is 6.15. The van der Waals surface area contributed by atoms with E-state index in [1.165, 1.54) is 6.92 Å². The van der Waals surface area contributed by atoms with E-state index in [9.17, 15) is 17.6 Å². The van der Waals surface area contributed by atoms with Gasteiger partial charge in [-0.3, -0.25) is 8.98 Å². The summed E-state index contributed by atoms with van der Waals surface area (Å²) in [5.74, 6) is -0.997. The number of carbonyl (C=O) groups is 1. The van der Waals surface area contributed by atoms with E-state index in [-0.39, 0.29) is 4.90 Å². The van der Waals surface area contributed by atoms with Crippen molar-refractivity contribution in [3.63, 3.8) is 0 Å². The third-order valence-corrected chi connectivity index (χ3v) is 4.19. The van der Waals surface area contributed by atoms with Gasteiger partial charge in [0.2, 0.25) is 0 Å². The minimum atomic E-state index is -4.12. The van der Waals surface area contributed by atoms with Gasteiger partial charge in [-0.25, -0.2) is 4.39 Å². The Kier molecular flexibility index (Phi) is 4.50. The molecule has 0 saturated heterocycles. The molecule has 0 heterocycles. The van der Waals surface area contributed by atoms with Gasteiger partial charge in [0.15, 0.2) is 5.78 Å². The summed E-state index contributed by atoms with van der Waals surface area (Å²) in [4.78, 5) is 11.9. The number of carbonyl (C=O) groups excluding carboxylic acids is 1. The van der Waals surface area contributed by atoms with Gasteiger partial charge in [0.1, 0.15) is 11.9 Å². The average molecular weight is 308 g/mol. The van der Waals surface area contributed by atoms with E-state index in [0.29, 0.717) is 5.56 Å². The van der Waals surface area contributed by atoms with Crippen molar-refractivity contribution in [1.82, 2.24) is 0 Å². The minimum absolute atomic E-state index is 0.198. The van der Waals surface area contributed by atoms with Crippen molar-refractivity contribution < 1.29 is 21.8 Å². The number of Topliss-reactive ketones (excluding diaryl/α,β-unsaturated/α-hetero) is 1. The van der Waals surface area contributed by atoms with Crippen molar-refractivity contribution in [3.05, 3.63) is 66.0 Å². The van der Waals surface area contributed by atoms with Gasteiger partial charge in [-0.1, -0.05) is 30.3 Å². The van der Waals surface area contributed by atoms with Crippen molar-refractivity contribution in [2.75, 3.05) is 0 Å². The predicted octanol–water partition coefficient (Wildman–Crippen LogP) is 2.80. The molecule has 2 aromatic rings. The maximum atomic E-state index is 12.8. The number of ketones is 1. The van der Waals surface area contributed by atoms with Crippen LogP contribution in [0.2, 0.25) is 0 Å². The molecule has 0 aliphatic heterocycles. The van der Waals surface area contributed by atoms with Gasteiger partial charge in [-0.2, -0.15) is 8.42 Å². The van der Waals surface area contributed by atoms with Gasteiger partial charge in [0.05, 0.1) is 4.90 Å². The maximum absolute atomic E-state index is 12.8. The molecular formula is C15H13FO4S. The van der Waals surface area contributed by atoms with Crippen LogP contribution in [-0.2, 0) is 14.3 Å². The average Bonchev–Trinajstić information content (AvgIpc) is 2.47. The normalized spacial score (nSPS) is 12.9. The number of halogens is 1. The lowest BCUT2D eigenvalue weighted by atomic mass is 10.1. The first-order valence-corrected chi connectivity index (χ1v) is 7.59. The summed E-state index contributed by atoms with van der Waals surface area (Å²) in [5.41, 5.74) is 0.360. The first-order chi connectivity index (χ1) is 9.90. The van der Waals surface area contributed by atoms with Crippen LogP contribution in [0.1, 0.15) is 17.3 Å². The molecule has 0 bridgehead atoms. The summed E-state index contributed by atoms with van der Waals surface area (Å²) >= 11 is 0.